The Hall–Kier alpha value is -3.47. The van der Waals surface area contributed by atoms with Crippen LogP contribution in [0.4, 0.5) is 0 Å². The van der Waals surface area contributed by atoms with Crippen molar-refractivity contribution in [3.8, 4) is 11.1 Å². The lowest BCUT2D eigenvalue weighted by Crippen LogP contribution is -2.22. The maximum atomic E-state index is 12.3. The van der Waals surface area contributed by atoms with Crippen LogP contribution >= 0.6 is 0 Å². The molecule has 0 spiro atoms. The van der Waals surface area contributed by atoms with E-state index in [1.165, 1.54) is 6.20 Å². The summed E-state index contributed by atoms with van der Waals surface area (Å²) in [6, 6.07) is 17.4. The molecule has 0 atom stereocenters. The van der Waals surface area contributed by atoms with Crippen molar-refractivity contribution in [1.29, 1.82) is 0 Å². The minimum absolute atomic E-state index is 0.198. The molecule has 1 aromatic carbocycles. The second kappa shape index (κ2) is 6.57. The van der Waals surface area contributed by atoms with Crippen LogP contribution in [-0.4, -0.2) is 15.9 Å². The third-order valence-corrected chi connectivity index (χ3v) is 3.90. The van der Waals surface area contributed by atoms with E-state index in [0.717, 1.165) is 16.5 Å². The molecule has 122 valence electrons. The quantitative estimate of drug-likeness (QED) is 0.618. The number of carbonyl (C=O) groups excluding carboxylic acids is 1. The van der Waals surface area contributed by atoms with Gasteiger partial charge in [0.05, 0.1) is 18.4 Å². The third-order valence-electron chi connectivity index (χ3n) is 3.90. The molecule has 0 saturated heterocycles. The zero-order valence-electron chi connectivity index (χ0n) is 13.3. The molecule has 3 heterocycles. The van der Waals surface area contributed by atoms with Crippen LogP contribution in [0, 0.1) is 0 Å². The summed E-state index contributed by atoms with van der Waals surface area (Å²) < 4.78 is 5.54. The van der Waals surface area contributed by atoms with E-state index < -0.39 is 0 Å². The zero-order chi connectivity index (χ0) is 17.1. The number of amides is 1. The van der Waals surface area contributed by atoms with Crippen molar-refractivity contribution in [2.75, 3.05) is 0 Å². The van der Waals surface area contributed by atoms with Gasteiger partial charge in [-0.15, -0.1) is 0 Å². The van der Waals surface area contributed by atoms with Gasteiger partial charge < -0.3 is 9.73 Å². The van der Waals surface area contributed by atoms with Gasteiger partial charge in [0, 0.05) is 23.3 Å². The number of nitrogens with one attached hydrogen (secondary N) is 1. The second-order valence-electron chi connectivity index (χ2n) is 5.62. The Labute approximate surface area is 144 Å². The first-order valence-electron chi connectivity index (χ1n) is 7.91. The van der Waals surface area contributed by atoms with Crippen molar-refractivity contribution in [2.24, 2.45) is 0 Å². The lowest BCUT2D eigenvalue weighted by Gasteiger charge is -2.04. The fourth-order valence-electron chi connectivity index (χ4n) is 2.61. The van der Waals surface area contributed by atoms with Gasteiger partial charge in [-0.3, -0.25) is 4.79 Å². The van der Waals surface area contributed by atoms with E-state index in [1.807, 2.05) is 48.5 Å². The van der Waals surface area contributed by atoms with Crippen molar-refractivity contribution in [2.45, 2.75) is 6.54 Å². The third kappa shape index (κ3) is 3.26. The summed E-state index contributed by atoms with van der Waals surface area (Å²) in [6.45, 7) is 0.316. The molecule has 1 N–H and O–H groups in total. The predicted octanol–water partition coefficient (Wildman–Crippen LogP) is 3.82. The molecule has 4 rings (SSSR count). The molecule has 3 aromatic heterocycles. The monoisotopic (exact) mass is 329 g/mol. The van der Waals surface area contributed by atoms with Crippen LogP contribution in [0.15, 0.2) is 77.7 Å². The summed E-state index contributed by atoms with van der Waals surface area (Å²) in [4.78, 5) is 20.7. The summed E-state index contributed by atoms with van der Waals surface area (Å²) in [5.41, 5.74) is 3.19. The van der Waals surface area contributed by atoms with E-state index in [2.05, 4.69) is 15.3 Å². The van der Waals surface area contributed by atoms with Crippen molar-refractivity contribution in [1.82, 2.24) is 15.3 Å². The number of benzene rings is 1. The highest BCUT2D eigenvalue weighted by atomic mass is 16.3. The Morgan fingerprint density at radius 1 is 1.00 bits per heavy atom. The van der Waals surface area contributed by atoms with E-state index in [-0.39, 0.29) is 5.91 Å². The summed E-state index contributed by atoms with van der Waals surface area (Å²) in [7, 11) is 0. The largest absolute Gasteiger partial charge is 0.467 e. The molecule has 0 aliphatic heterocycles. The molecule has 25 heavy (non-hydrogen) atoms. The minimum atomic E-state index is -0.198. The average Bonchev–Trinajstić information content (AvgIpc) is 3.15. The Kier molecular flexibility index (Phi) is 3.96. The van der Waals surface area contributed by atoms with E-state index in [1.54, 1.807) is 18.5 Å². The maximum absolute atomic E-state index is 12.3. The van der Waals surface area contributed by atoms with Crippen molar-refractivity contribution >= 4 is 16.9 Å². The number of carbonyl (C=O) groups is 1. The van der Waals surface area contributed by atoms with Gasteiger partial charge in [0.1, 0.15) is 5.76 Å². The topological polar surface area (TPSA) is 68.0 Å². The molecule has 5 nitrogen and oxygen atoms in total. The number of rotatable bonds is 4. The molecular weight excluding hydrogens is 314 g/mol. The van der Waals surface area contributed by atoms with Crippen LogP contribution in [0.3, 0.4) is 0 Å². The highest BCUT2D eigenvalue weighted by molar-refractivity contribution is 5.96. The van der Waals surface area contributed by atoms with Gasteiger partial charge in [0.2, 0.25) is 0 Å². The maximum Gasteiger partial charge on any atom is 0.253 e. The molecular formula is C20H15N3O2. The molecule has 4 aromatic rings. The molecule has 0 aliphatic rings. The SMILES string of the molecule is O=C(NCc1cc(-c2ccccc2)co1)c1cnc2ncccc2c1. The summed E-state index contributed by atoms with van der Waals surface area (Å²) in [6.07, 6.45) is 4.90. The lowest BCUT2D eigenvalue weighted by molar-refractivity contribution is 0.0948. The first kappa shape index (κ1) is 15.1. The molecule has 1 amide bonds. The molecule has 5 heteroatoms. The van der Waals surface area contributed by atoms with Crippen LogP contribution in [-0.2, 0) is 6.54 Å². The van der Waals surface area contributed by atoms with Gasteiger partial charge in [-0.1, -0.05) is 30.3 Å². The van der Waals surface area contributed by atoms with Gasteiger partial charge in [-0.25, -0.2) is 9.97 Å². The van der Waals surface area contributed by atoms with Crippen molar-refractivity contribution in [3.05, 3.63) is 84.6 Å². The summed E-state index contributed by atoms with van der Waals surface area (Å²) in [5.74, 6) is 0.499. The standard InChI is InChI=1S/C20H15N3O2/c24-20(16-9-15-7-4-8-21-19(15)22-11-16)23-12-18-10-17(13-25-18)14-5-2-1-3-6-14/h1-11,13H,12H2,(H,23,24). The van der Waals surface area contributed by atoms with Crippen molar-refractivity contribution < 1.29 is 9.21 Å². The number of aromatic nitrogens is 2. The van der Waals surface area contributed by atoms with Crippen LogP contribution in [0.5, 0.6) is 0 Å². The van der Waals surface area contributed by atoms with Gasteiger partial charge in [-0.2, -0.15) is 0 Å². The minimum Gasteiger partial charge on any atom is -0.467 e. The number of nitrogens with zero attached hydrogens (tertiary/aromatic N) is 2. The van der Waals surface area contributed by atoms with Crippen LogP contribution in [0.1, 0.15) is 16.1 Å². The van der Waals surface area contributed by atoms with Crippen LogP contribution in [0.25, 0.3) is 22.2 Å². The van der Waals surface area contributed by atoms with Gasteiger partial charge in [0.25, 0.3) is 5.91 Å². The number of fused-ring (bicyclic) bond motifs is 1. The van der Waals surface area contributed by atoms with Gasteiger partial charge >= 0.3 is 0 Å². The first-order valence-corrected chi connectivity index (χ1v) is 7.91. The average molecular weight is 329 g/mol. The molecule has 0 unspecified atom stereocenters. The van der Waals surface area contributed by atoms with Gasteiger partial charge in [0.15, 0.2) is 5.65 Å². The Balaban J connectivity index is 1.45. The molecule has 0 aliphatic carbocycles. The number of hydrogen-bond donors (Lipinski definition) is 1. The number of furan rings is 1. The fourth-order valence-corrected chi connectivity index (χ4v) is 2.61. The smallest absolute Gasteiger partial charge is 0.253 e. The van der Waals surface area contributed by atoms with Crippen LogP contribution < -0.4 is 5.32 Å². The van der Waals surface area contributed by atoms with Gasteiger partial charge in [-0.05, 0) is 29.8 Å². The molecule has 0 radical (unpaired) electrons. The first-order chi connectivity index (χ1) is 12.3. The zero-order valence-corrected chi connectivity index (χ0v) is 13.3. The lowest BCUT2D eigenvalue weighted by atomic mass is 10.1. The molecule has 0 saturated carbocycles. The normalized spacial score (nSPS) is 10.7. The Bertz CT molecular complexity index is 1030. The van der Waals surface area contributed by atoms with E-state index in [9.17, 15) is 4.79 Å². The highest BCUT2D eigenvalue weighted by Crippen LogP contribution is 2.21. The van der Waals surface area contributed by atoms with Crippen molar-refractivity contribution in [3.63, 3.8) is 0 Å². The Morgan fingerprint density at radius 2 is 1.88 bits per heavy atom. The molecule has 0 fully saturated rings. The van der Waals surface area contributed by atoms with Crippen LogP contribution in [0.2, 0.25) is 0 Å². The fraction of sp³-hybridized carbons (Fsp3) is 0.0500. The van der Waals surface area contributed by atoms with E-state index in [0.29, 0.717) is 23.5 Å². The summed E-state index contributed by atoms with van der Waals surface area (Å²) in [5, 5.41) is 3.68. The Morgan fingerprint density at radius 3 is 2.76 bits per heavy atom. The summed E-state index contributed by atoms with van der Waals surface area (Å²) >= 11 is 0. The second-order valence-corrected chi connectivity index (χ2v) is 5.62. The number of hydrogen-bond acceptors (Lipinski definition) is 4. The van der Waals surface area contributed by atoms with E-state index in [4.69, 9.17) is 4.42 Å². The van der Waals surface area contributed by atoms with E-state index >= 15 is 0 Å². The predicted molar refractivity (Wildman–Crippen MR) is 94.9 cm³/mol. The number of pyridine rings is 2. The molecule has 0 bridgehead atoms. The highest BCUT2D eigenvalue weighted by Gasteiger charge is 2.09.